The second-order valence-corrected chi connectivity index (χ2v) is 10.7. The number of fused-ring (bicyclic) bond motifs is 1. The first-order chi connectivity index (χ1) is 19.0. The van der Waals surface area contributed by atoms with Gasteiger partial charge in [-0.15, -0.1) is 0 Å². The van der Waals surface area contributed by atoms with E-state index in [2.05, 4.69) is 5.32 Å². The van der Waals surface area contributed by atoms with Gasteiger partial charge in [-0.05, 0) is 62.1 Å². The number of benzene rings is 2. The molecule has 2 fully saturated rings. The lowest BCUT2D eigenvalue weighted by Crippen LogP contribution is -2.47. The van der Waals surface area contributed by atoms with E-state index in [0.717, 1.165) is 31.0 Å². The molecule has 2 aromatic carbocycles. The SMILES string of the molecule is O=C(NC1CCN(C[C@@H](O)COc2ccc(C(F)(F)F)cc2)CC1)c1cn(C2CC2)c2cc(Cl)c(F)cc2c1=O. The molecule has 2 aliphatic rings. The average molecular weight is 582 g/mol. The van der Waals surface area contributed by atoms with E-state index in [-0.39, 0.29) is 40.4 Å². The number of likely N-dealkylation sites (tertiary alicyclic amines) is 1. The third-order valence-electron chi connectivity index (χ3n) is 7.27. The predicted octanol–water partition coefficient (Wildman–Crippen LogP) is 4.78. The first-order valence-electron chi connectivity index (χ1n) is 13.0. The first-order valence-corrected chi connectivity index (χ1v) is 13.4. The van der Waals surface area contributed by atoms with Crippen LogP contribution in [-0.2, 0) is 6.18 Å². The van der Waals surface area contributed by atoms with Crippen LogP contribution in [0.5, 0.6) is 5.75 Å². The number of alkyl halides is 3. The van der Waals surface area contributed by atoms with Crippen LogP contribution < -0.4 is 15.5 Å². The molecule has 1 saturated heterocycles. The van der Waals surface area contributed by atoms with E-state index in [1.807, 2.05) is 9.47 Å². The number of amides is 1. The number of rotatable bonds is 8. The Bertz CT molecular complexity index is 1450. The van der Waals surface area contributed by atoms with Crippen molar-refractivity contribution in [3.63, 3.8) is 0 Å². The lowest BCUT2D eigenvalue weighted by molar-refractivity contribution is -0.137. The summed E-state index contributed by atoms with van der Waals surface area (Å²) in [5.41, 5.74) is -0.860. The third-order valence-corrected chi connectivity index (χ3v) is 7.56. The van der Waals surface area contributed by atoms with Gasteiger partial charge in [0.2, 0.25) is 5.43 Å². The number of carbonyl (C=O) groups excluding carboxylic acids is 1. The Morgan fingerprint density at radius 2 is 1.80 bits per heavy atom. The first kappa shape index (κ1) is 28.4. The standard InChI is InChI=1S/C28H28ClF4N3O4/c29-23-12-25-21(11-24(23)30)26(38)22(14-36(25)18-3-4-18)27(39)34-17-7-9-35(10-8-17)13-19(37)15-40-20-5-1-16(2-6-20)28(31,32)33/h1-2,5-6,11-12,14,17-19,37H,3-4,7-10,13,15H2,(H,34,39)/t19-/m1/s1. The molecule has 0 spiro atoms. The lowest BCUT2D eigenvalue weighted by atomic mass is 10.0. The van der Waals surface area contributed by atoms with E-state index in [1.165, 1.54) is 24.4 Å². The number of nitrogens with zero attached hydrogens (tertiary/aromatic N) is 2. The van der Waals surface area contributed by atoms with Crippen LogP contribution in [0.2, 0.25) is 5.02 Å². The number of aliphatic hydroxyl groups is 1. The molecule has 1 atom stereocenters. The number of aromatic nitrogens is 1. The summed E-state index contributed by atoms with van der Waals surface area (Å²) in [6, 6.07) is 6.73. The second kappa shape index (κ2) is 11.4. The Labute approximate surface area is 232 Å². The summed E-state index contributed by atoms with van der Waals surface area (Å²) < 4.78 is 59.5. The predicted molar refractivity (Wildman–Crippen MR) is 141 cm³/mol. The number of nitrogens with one attached hydrogen (secondary N) is 1. The van der Waals surface area contributed by atoms with E-state index >= 15 is 0 Å². The number of piperidine rings is 1. The van der Waals surface area contributed by atoms with Crippen LogP contribution in [0.3, 0.4) is 0 Å². The Morgan fingerprint density at radius 1 is 1.12 bits per heavy atom. The van der Waals surface area contributed by atoms with Gasteiger partial charge in [0.05, 0.1) is 16.1 Å². The maximum atomic E-state index is 14.1. The number of carbonyl (C=O) groups is 1. The number of aliphatic hydroxyl groups excluding tert-OH is 1. The average Bonchev–Trinajstić information content (AvgIpc) is 3.75. The maximum absolute atomic E-state index is 14.1. The van der Waals surface area contributed by atoms with Gasteiger partial charge in [0.15, 0.2) is 0 Å². The van der Waals surface area contributed by atoms with Gasteiger partial charge in [0.1, 0.15) is 29.8 Å². The van der Waals surface area contributed by atoms with E-state index < -0.39 is 35.0 Å². The highest BCUT2D eigenvalue weighted by Crippen LogP contribution is 2.37. The van der Waals surface area contributed by atoms with Crippen molar-refractivity contribution in [2.45, 2.75) is 50.0 Å². The monoisotopic (exact) mass is 581 g/mol. The summed E-state index contributed by atoms with van der Waals surface area (Å²) in [6.07, 6.45) is -0.779. The van der Waals surface area contributed by atoms with Gasteiger partial charge in [-0.1, -0.05) is 11.6 Å². The molecule has 1 amide bonds. The molecule has 1 saturated carbocycles. The van der Waals surface area contributed by atoms with Crippen LogP contribution >= 0.6 is 11.6 Å². The summed E-state index contributed by atoms with van der Waals surface area (Å²) in [5.74, 6) is -1.00. The molecule has 3 aromatic rings. The number of β-amino-alcohol motifs (C(OH)–C–C–N with tert-alkyl or cyclic N) is 1. The molecular formula is C28H28ClF4N3O4. The summed E-state index contributed by atoms with van der Waals surface area (Å²) in [6.45, 7) is 1.38. The molecule has 7 nitrogen and oxygen atoms in total. The van der Waals surface area contributed by atoms with Crippen molar-refractivity contribution in [3.8, 4) is 5.75 Å². The van der Waals surface area contributed by atoms with Gasteiger partial charge in [-0.3, -0.25) is 9.59 Å². The molecule has 5 rings (SSSR count). The Morgan fingerprint density at radius 3 is 2.42 bits per heavy atom. The Balaban J connectivity index is 1.14. The number of ether oxygens (including phenoxy) is 1. The molecule has 2 heterocycles. The molecule has 2 N–H and O–H groups in total. The summed E-state index contributed by atoms with van der Waals surface area (Å²) in [4.78, 5) is 28.2. The minimum atomic E-state index is -4.43. The molecule has 0 radical (unpaired) electrons. The molecule has 1 aromatic heterocycles. The minimum absolute atomic E-state index is 0.0422. The van der Waals surface area contributed by atoms with Crippen LogP contribution in [0.4, 0.5) is 17.6 Å². The van der Waals surface area contributed by atoms with E-state index in [0.29, 0.717) is 38.0 Å². The van der Waals surface area contributed by atoms with Gasteiger partial charge >= 0.3 is 6.18 Å². The Hall–Kier alpha value is -3.15. The molecule has 214 valence electrons. The van der Waals surface area contributed by atoms with Gasteiger partial charge in [0, 0.05) is 43.3 Å². The zero-order chi connectivity index (χ0) is 28.6. The summed E-state index contributed by atoms with van der Waals surface area (Å²) >= 11 is 5.95. The maximum Gasteiger partial charge on any atom is 0.416 e. The van der Waals surface area contributed by atoms with E-state index in [1.54, 1.807) is 0 Å². The number of pyridine rings is 1. The summed E-state index contributed by atoms with van der Waals surface area (Å²) in [7, 11) is 0. The zero-order valence-electron chi connectivity index (χ0n) is 21.4. The van der Waals surface area contributed by atoms with E-state index in [9.17, 15) is 32.3 Å². The smallest absolute Gasteiger partial charge is 0.416 e. The van der Waals surface area contributed by atoms with Crippen molar-refractivity contribution in [2.24, 2.45) is 0 Å². The molecule has 12 heteroatoms. The molecular weight excluding hydrogens is 554 g/mol. The highest BCUT2D eigenvalue weighted by Gasteiger charge is 2.31. The van der Waals surface area contributed by atoms with Crippen molar-refractivity contribution in [3.05, 3.63) is 74.8 Å². The summed E-state index contributed by atoms with van der Waals surface area (Å²) in [5, 5.41) is 13.3. The van der Waals surface area contributed by atoms with Crippen molar-refractivity contribution < 1.29 is 32.2 Å². The second-order valence-electron chi connectivity index (χ2n) is 10.3. The van der Waals surface area contributed by atoms with E-state index in [4.69, 9.17) is 16.3 Å². The van der Waals surface area contributed by atoms with Gasteiger partial charge in [0.25, 0.3) is 5.91 Å². The molecule has 1 aliphatic carbocycles. The molecule has 1 aliphatic heterocycles. The van der Waals surface area contributed by atoms with Crippen molar-refractivity contribution in [2.75, 3.05) is 26.2 Å². The van der Waals surface area contributed by atoms with Crippen molar-refractivity contribution in [1.82, 2.24) is 14.8 Å². The largest absolute Gasteiger partial charge is 0.491 e. The van der Waals surface area contributed by atoms with Gasteiger partial charge in [-0.25, -0.2) is 4.39 Å². The van der Waals surface area contributed by atoms with Gasteiger partial charge < -0.3 is 24.6 Å². The van der Waals surface area contributed by atoms with Crippen LogP contribution in [0.1, 0.15) is 47.6 Å². The van der Waals surface area contributed by atoms with Crippen LogP contribution in [0.25, 0.3) is 10.9 Å². The molecule has 0 unspecified atom stereocenters. The lowest BCUT2D eigenvalue weighted by Gasteiger charge is -2.33. The fourth-order valence-electron chi connectivity index (χ4n) is 4.97. The topological polar surface area (TPSA) is 83.8 Å². The van der Waals surface area contributed by atoms with Crippen molar-refractivity contribution >= 4 is 28.4 Å². The fraction of sp³-hybridized carbons (Fsp3) is 0.429. The van der Waals surface area contributed by atoms with Crippen LogP contribution in [-0.4, -0.2) is 58.9 Å². The highest BCUT2D eigenvalue weighted by atomic mass is 35.5. The van der Waals surface area contributed by atoms with Crippen LogP contribution in [0, 0.1) is 5.82 Å². The zero-order valence-corrected chi connectivity index (χ0v) is 22.1. The fourth-order valence-corrected chi connectivity index (χ4v) is 5.12. The molecule has 0 bridgehead atoms. The normalized spacial score (nSPS) is 17.6. The number of halogens is 5. The number of hydrogen-bond acceptors (Lipinski definition) is 5. The van der Waals surface area contributed by atoms with Crippen molar-refractivity contribution in [1.29, 1.82) is 0 Å². The third kappa shape index (κ3) is 6.42. The Kier molecular flexibility index (Phi) is 8.08. The molecule has 40 heavy (non-hydrogen) atoms. The van der Waals surface area contributed by atoms with Crippen LogP contribution in [0.15, 0.2) is 47.4 Å². The minimum Gasteiger partial charge on any atom is -0.491 e. The number of hydrogen-bond donors (Lipinski definition) is 2. The highest BCUT2D eigenvalue weighted by molar-refractivity contribution is 6.31. The van der Waals surface area contributed by atoms with Gasteiger partial charge in [-0.2, -0.15) is 13.2 Å². The quantitative estimate of drug-likeness (QED) is 0.374.